The van der Waals surface area contributed by atoms with Crippen LogP contribution >= 0.6 is 0 Å². The molecule has 1 atom stereocenters. The predicted octanol–water partition coefficient (Wildman–Crippen LogP) is 2.30. The third-order valence-electron chi connectivity index (χ3n) is 5.59. The van der Waals surface area contributed by atoms with Crippen molar-refractivity contribution in [3.63, 3.8) is 0 Å². The first-order valence-electron chi connectivity index (χ1n) is 9.39. The van der Waals surface area contributed by atoms with E-state index in [0.29, 0.717) is 0 Å². The minimum Gasteiger partial charge on any atom is -0.497 e. The summed E-state index contributed by atoms with van der Waals surface area (Å²) in [6.45, 7) is 5.63. The van der Waals surface area contributed by atoms with Gasteiger partial charge in [0.05, 0.1) is 25.9 Å². The van der Waals surface area contributed by atoms with Gasteiger partial charge in [0, 0.05) is 51.3 Å². The first-order chi connectivity index (χ1) is 12.7. The standard InChI is InChI=1S/C20H28N4O2/c1-22-11-9-21-19(22)14-23-12-13-26-20(15-23)8-3-10-24(16-20)17-4-6-18(25-2)7-5-17/h4-7,9,11H,3,8,10,12-16H2,1-2H3. The van der Waals surface area contributed by atoms with Crippen LogP contribution < -0.4 is 9.64 Å². The Morgan fingerprint density at radius 3 is 2.77 bits per heavy atom. The summed E-state index contributed by atoms with van der Waals surface area (Å²) in [5.41, 5.74) is 1.16. The van der Waals surface area contributed by atoms with E-state index in [1.807, 2.05) is 24.5 Å². The van der Waals surface area contributed by atoms with Gasteiger partial charge < -0.3 is 18.9 Å². The largest absolute Gasteiger partial charge is 0.497 e. The molecule has 1 spiro atoms. The maximum atomic E-state index is 6.35. The van der Waals surface area contributed by atoms with Crippen LogP contribution in [0.3, 0.4) is 0 Å². The normalized spacial score (nSPS) is 24.2. The zero-order valence-corrected chi connectivity index (χ0v) is 15.7. The minimum atomic E-state index is -0.0818. The molecule has 26 heavy (non-hydrogen) atoms. The van der Waals surface area contributed by atoms with Gasteiger partial charge >= 0.3 is 0 Å². The van der Waals surface area contributed by atoms with Gasteiger partial charge in [-0.2, -0.15) is 0 Å². The third-order valence-corrected chi connectivity index (χ3v) is 5.59. The molecule has 6 nitrogen and oxygen atoms in total. The molecule has 1 unspecified atom stereocenters. The van der Waals surface area contributed by atoms with E-state index >= 15 is 0 Å². The van der Waals surface area contributed by atoms with Crippen LogP contribution in [0.5, 0.6) is 5.75 Å². The second-order valence-electron chi connectivity index (χ2n) is 7.42. The Bertz CT molecular complexity index is 726. The quantitative estimate of drug-likeness (QED) is 0.841. The molecule has 140 valence electrons. The van der Waals surface area contributed by atoms with Gasteiger partial charge in [-0.05, 0) is 37.1 Å². The monoisotopic (exact) mass is 356 g/mol. The summed E-state index contributed by atoms with van der Waals surface area (Å²) in [6, 6.07) is 8.36. The Hall–Kier alpha value is -2.05. The first kappa shape index (κ1) is 17.4. The number of hydrogen-bond acceptors (Lipinski definition) is 5. The van der Waals surface area contributed by atoms with Crippen LogP contribution in [0.15, 0.2) is 36.7 Å². The molecule has 2 aliphatic rings. The molecule has 1 aromatic carbocycles. The number of anilines is 1. The van der Waals surface area contributed by atoms with E-state index in [2.05, 4.69) is 38.5 Å². The average molecular weight is 356 g/mol. The van der Waals surface area contributed by atoms with Crippen molar-refractivity contribution in [3.05, 3.63) is 42.5 Å². The van der Waals surface area contributed by atoms with E-state index in [4.69, 9.17) is 9.47 Å². The average Bonchev–Trinajstić information content (AvgIpc) is 3.06. The minimum absolute atomic E-state index is 0.0818. The van der Waals surface area contributed by atoms with E-state index < -0.39 is 0 Å². The molecule has 4 rings (SSSR count). The van der Waals surface area contributed by atoms with Crippen molar-refractivity contribution in [1.82, 2.24) is 14.5 Å². The van der Waals surface area contributed by atoms with E-state index in [-0.39, 0.29) is 5.60 Å². The van der Waals surface area contributed by atoms with E-state index in [1.54, 1.807) is 7.11 Å². The van der Waals surface area contributed by atoms with Gasteiger partial charge in [0.15, 0.2) is 0 Å². The third kappa shape index (κ3) is 3.57. The number of nitrogens with zero attached hydrogens (tertiary/aromatic N) is 4. The molecule has 2 saturated heterocycles. The summed E-state index contributed by atoms with van der Waals surface area (Å²) in [5.74, 6) is 2.01. The summed E-state index contributed by atoms with van der Waals surface area (Å²) in [4.78, 5) is 9.42. The summed E-state index contributed by atoms with van der Waals surface area (Å²) in [6.07, 6.45) is 6.16. The Balaban J connectivity index is 1.45. The summed E-state index contributed by atoms with van der Waals surface area (Å²) < 4.78 is 13.7. The maximum Gasteiger partial charge on any atom is 0.122 e. The molecule has 2 aliphatic heterocycles. The highest BCUT2D eigenvalue weighted by Crippen LogP contribution is 2.32. The number of aromatic nitrogens is 2. The molecule has 1 aromatic heterocycles. The van der Waals surface area contributed by atoms with E-state index in [1.165, 1.54) is 5.69 Å². The molecule has 0 N–H and O–H groups in total. The van der Waals surface area contributed by atoms with Crippen LogP contribution in [-0.4, -0.2) is 59.9 Å². The highest BCUT2D eigenvalue weighted by molar-refractivity contribution is 5.50. The fraction of sp³-hybridized carbons (Fsp3) is 0.550. The van der Waals surface area contributed by atoms with Crippen molar-refractivity contribution >= 4 is 5.69 Å². The predicted molar refractivity (Wildman–Crippen MR) is 102 cm³/mol. The van der Waals surface area contributed by atoms with Crippen molar-refractivity contribution in [1.29, 1.82) is 0 Å². The Morgan fingerprint density at radius 1 is 1.19 bits per heavy atom. The van der Waals surface area contributed by atoms with Crippen LogP contribution in [-0.2, 0) is 18.3 Å². The molecule has 0 radical (unpaired) electrons. The van der Waals surface area contributed by atoms with Gasteiger partial charge in [0.1, 0.15) is 11.6 Å². The van der Waals surface area contributed by atoms with Crippen molar-refractivity contribution < 1.29 is 9.47 Å². The van der Waals surface area contributed by atoms with Crippen LogP contribution in [0, 0.1) is 0 Å². The van der Waals surface area contributed by atoms with Crippen molar-refractivity contribution in [3.8, 4) is 5.75 Å². The Labute approximate surface area is 155 Å². The lowest BCUT2D eigenvalue weighted by Gasteiger charge is -2.48. The molecule has 3 heterocycles. The number of piperidine rings is 1. The van der Waals surface area contributed by atoms with Gasteiger partial charge in [0.2, 0.25) is 0 Å². The molecule has 2 fully saturated rings. The molecule has 2 aromatic rings. The molecule has 0 amide bonds. The molecule has 0 bridgehead atoms. The van der Waals surface area contributed by atoms with Crippen LogP contribution in [0.2, 0.25) is 0 Å². The Kier molecular flexibility index (Phi) is 4.87. The highest BCUT2D eigenvalue weighted by Gasteiger charge is 2.40. The number of hydrogen-bond donors (Lipinski definition) is 0. The van der Waals surface area contributed by atoms with Gasteiger partial charge in [0.25, 0.3) is 0 Å². The summed E-state index contributed by atoms with van der Waals surface area (Å²) in [5, 5.41) is 0. The number of morpholine rings is 1. The number of benzene rings is 1. The molecule has 6 heteroatoms. The van der Waals surface area contributed by atoms with Crippen molar-refractivity contribution in [2.75, 3.05) is 44.8 Å². The zero-order chi connectivity index (χ0) is 18.0. The molecular weight excluding hydrogens is 328 g/mol. The molecule has 0 aliphatic carbocycles. The van der Waals surface area contributed by atoms with Gasteiger partial charge in [-0.15, -0.1) is 0 Å². The number of methoxy groups -OCH3 is 1. The van der Waals surface area contributed by atoms with Gasteiger partial charge in [-0.25, -0.2) is 4.98 Å². The fourth-order valence-electron chi connectivity index (χ4n) is 4.17. The summed E-state index contributed by atoms with van der Waals surface area (Å²) in [7, 11) is 3.77. The first-order valence-corrected chi connectivity index (χ1v) is 9.39. The second kappa shape index (κ2) is 7.29. The smallest absolute Gasteiger partial charge is 0.122 e. The SMILES string of the molecule is COc1ccc(N2CCCC3(CN(Cc4nccn4C)CCO3)C2)cc1. The van der Waals surface area contributed by atoms with Crippen molar-refractivity contribution in [2.45, 2.75) is 25.0 Å². The van der Waals surface area contributed by atoms with Crippen molar-refractivity contribution in [2.24, 2.45) is 7.05 Å². The van der Waals surface area contributed by atoms with Gasteiger partial charge in [-0.1, -0.05) is 0 Å². The zero-order valence-electron chi connectivity index (χ0n) is 15.7. The van der Waals surface area contributed by atoms with Crippen LogP contribution in [0.4, 0.5) is 5.69 Å². The second-order valence-corrected chi connectivity index (χ2v) is 7.42. The lowest BCUT2D eigenvalue weighted by molar-refractivity contribution is -0.116. The summed E-state index contributed by atoms with van der Waals surface area (Å²) >= 11 is 0. The van der Waals surface area contributed by atoms with E-state index in [9.17, 15) is 0 Å². The number of rotatable bonds is 4. The number of ether oxygens (including phenoxy) is 2. The van der Waals surface area contributed by atoms with Crippen LogP contribution in [0.1, 0.15) is 18.7 Å². The van der Waals surface area contributed by atoms with Crippen LogP contribution in [0.25, 0.3) is 0 Å². The van der Waals surface area contributed by atoms with E-state index in [0.717, 1.165) is 63.7 Å². The maximum absolute atomic E-state index is 6.35. The topological polar surface area (TPSA) is 42.8 Å². The lowest BCUT2D eigenvalue weighted by atomic mass is 9.90. The number of aryl methyl sites for hydroxylation is 1. The van der Waals surface area contributed by atoms with Gasteiger partial charge in [-0.3, -0.25) is 4.90 Å². The molecular formula is C20H28N4O2. The highest BCUT2D eigenvalue weighted by atomic mass is 16.5. The number of imidazole rings is 1. The fourth-order valence-corrected chi connectivity index (χ4v) is 4.17. The lowest BCUT2D eigenvalue weighted by Crippen LogP contribution is -2.59. The Morgan fingerprint density at radius 2 is 2.04 bits per heavy atom. The molecule has 0 saturated carbocycles.